The molecule has 0 bridgehead atoms. The van der Waals surface area contributed by atoms with Gasteiger partial charge >= 0.3 is 0 Å². The second-order valence-electron chi connectivity index (χ2n) is 7.41. The van der Waals surface area contributed by atoms with Crippen molar-refractivity contribution < 1.29 is 0 Å². The number of aromatic nitrogens is 3. The van der Waals surface area contributed by atoms with Crippen molar-refractivity contribution in [2.24, 2.45) is 4.99 Å². The van der Waals surface area contributed by atoms with Crippen molar-refractivity contribution in [2.45, 2.75) is 26.3 Å². The topological polar surface area (TPSA) is 72.8 Å². The van der Waals surface area contributed by atoms with Gasteiger partial charge in [-0.2, -0.15) is 0 Å². The molecule has 0 unspecified atom stereocenters. The monoisotopic (exact) mass is 522 g/mol. The average Bonchev–Trinajstić information content (AvgIpc) is 3.33. The lowest BCUT2D eigenvalue weighted by Gasteiger charge is -2.36. The molecule has 8 nitrogen and oxygen atoms in total. The van der Waals surface area contributed by atoms with Gasteiger partial charge in [-0.1, -0.05) is 6.07 Å². The molecule has 2 saturated heterocycles. The smallest absolute Gasteiger partial charge is 0.225 e. The summed E-state index contributed by atoms with van der Waals surface area (Å²) in [7, 11) is 0. The third-order valence-electron chi connectivity index (χ3n) is 5.40. The number of piperazine rings is 1. The Bertz CT molecular complexity index is 784. The van der Waals surface area contributed by atoms with E-state index in [1.165, 1.54) is 12.8 Å². The molecule has 9 heteroatoms. The van der Waals surface area contributed by atoms with Crippen LogP contribution in [-0.4, -0.2) is 71.6 Å². The van der Waals surface area contributed by atoms with E-state index >= 15 is 0 Å². The van der Waals surface area contributed by atoms with Crippen molar-refractivity contribution in [3.63, 3.8) is 0 Å². The molecule has 0 saturated carbocycles. The molecule has 0 atom stereocenters. The zero-order valence-electron chi connectivity index (χ0n) is 17.6. The maximum absolute atomic E-state index is 4.86. The normalized spacial score (nSPS) is 17.1. The number of guanidine groups is 1. The molecule has 30 heavy (non-hydrogen) atoms. The summed E-state index contributed by atoms with van der Waals surface area (Å²) in [5, 5.41) is 3.43. The summed E-state index contributed by atoms with van der Waals surface area (Å²) in [4.78, 5) is 25.1. The summed E-state index contributed by atoms with van der Waals surface area (Å²) in [5.41, 5.74) is 1.14. The van der Waals surface area contributed by atoms with Gasteiger partial charge in [0.1, 0.15) is 5.82 Å². The van der Waals surface area contributed by atoms with Crippen LogP contribution in [0.2, 0.25) is 0 Å². The van der Waals surface area contributed by atoms with Gasteiger partial charge in [0.15, 0.2) is 5.96 Å². The van der Waals surface area contributed by atoms with E-state index in [-0.39, 0.29) is 24.0 Å². The predicted molar refractivity (Wildman–Crippen MR) is 132 cm³/mol. The van der Waals surface area contributed by atoms with Crippen LogP contribution in [0.5, 0.6) is 0 Å². The van der Waals surface area contributed by atoms with Gasteiger partial charge in [-0.15, -0.1) is 24.0 Å². The zero-order valence-corrected chi connectivity index (χ0v) is 19.9. The van der Waals surface area contributed by atoms with Crippen LogP contribution in [0, 0.1) is 0 Å². The number of aliphatic imine (C=N–C) groups is 1. The standard InChI is InChI=1S/C21H30N8.HI/c1-2-22-20(28-12-14-29(15-13-28)21-23-8-5-9-24-21)26-17-18-6-7-19(25-16-18)27-10-3-4-11-27;/h5-9,16H,2-4,10-15,17H2,1H3,(H,22,26);1H. The Hall–Kier alpha value is -2.17. The quantitative estimate of drug-likeness (QED) is 0.367. The Kier molecular flexibility index (Phi) is 8.47. The molecule has 2 aliphatic heterocycles. The summed E-state index contributed by atoms with van der Waals surface area (Å²) >= 11 is 0. The van der Waals surface area contributed by atoms with Crippen molar-refractivity contribution in [3.05, 3.63) is 42.4 Å². The van der Waals surface area contributed by atoms with Crippen LogP contribution in [-0.2, 0) is 6.54 Å². The Morgan fingerprint density at radius 1 is 0.967 bits per heavy atom. The van der Waals surface area contributed by atoms with Crippen LogP contribution in [0.3, 0.4) is 0 Å². The van der Waals surface area contributed by atoms with E-state index < -0.39 is 0 Å². The molecule has 4 rings (SSSR count). The highest BCUT2D eigenvalue weighted by Crippen LogP contribution is 2.18. The van der Waals surface area contributed by atoms with Crippen LogP contribution in [0.4, 0.5) is 11.8 Å². The van der Waals surface area contributed by atoms with Crippen molar-refractivity contribution in [2.75, 3.05) is 55.6 Å². The highest BCUT2D eigenvalue weighted by molar-refractivity contribution is 14.0. The first-order chi connectivity index (χ1) is 14.3. The highest BCUT2D eigenvalue weighted by Gasteiger charge is 2.21. The van der Waals surface area contributed by atoms with Crippen LogP contribution in [0.25, 0.3) is 0 Å². The molecule has 0 spiro atoms. The van der Waals surface area contributed by atoms with E-state index in [2.05, 4.69) is 54.0 Å². The fourth-order valence-corrected chi connectivity index (χ4v) is 3.81. The Labute approximate surface area is 195 Å². The van der Waals surface area contributed by atoms with E-state index in [1.54, 1.807) is 12.4 Å². The van der Waals surface area contributed by atoms with Crippen molar-refractivity contribution in [1.29, 1.82) is 0 Å². The van der Waals surface area contributed by atoms with Crippen LogP contribution in [0.1, 0.15) is 25.3 Å². The van der Waals surface area contributed by atoms with Crippen LogP contribution >= 0.6 is 24.0 Å². The fraction of sp³-hybridized carbons (Fsp3) is 0.524. The third-order valence-corrected chi connectivity index (χ3v) is 5.40. The summed E-state index contributed by atoms with van der Waals surface area (Å²) in [6, 6.07) is 6.13. The lowest BCUT2D eigenvalue weighted by Crippen LogP contribution is -2.52. The number of nitrogens with zero attached hydrogens (tertiary/aromatic N) is 7. The molecule has 2 aromatic heterocycles. The number of halogens is 1. The number of hydrogen-bond acceptors (Lipinski definition) is 6. The van der Waals surface area contributed by atoms with E-state index in [9.17, 15) is 0 Å². The molecular formula is C21H31IN8. The first kappa shape index (κ1) is 22.5. The first-order valence-electron chi connectivity index (χ1n) is 10.6. The van der Waals surface area contributed by atoms with Gasteiger partial charge in [0.25, 0.3) is 0 Å². The van der Waals surface area contributed by atoms with Gasteiger partial charge < -0.3 is 20.0 Å². The SMILES string of the molecule is CCNC(=NCc1ccc(N2CCCC2)nc1)N1CCN(c2ncccn2)CC1.I. The molecule has 0 aliphatic carbocycles. The second-order valence-corrected chi connectivity index (χ2v) is 7.41. The second kappa shape index (κ2) is 11.3. The first-order valence-corrected chi connectivity index (χ1v) is 10.6. The van der Waals surface area contributed by atoms with Crippen LogP contribution < -0.4 is 15.1 Å². The fourth-order valence-electron chi connectivity index (χ4n) is 3.81. The maximum atomic E-state index is 4.86. The summed E-state index contributed by atoms with van der Waals surface area (Å²) < 4.78 is 0. The molecule has 2 aromatic rings. The van der Waals surface area contributed by atoms with Gasteiger partial charge in [0.05, 0.1) is 6.54 Å². The van der Waals surface area contributed by atoms with Crippen molar-refractivity contribution >= 4 is 41.7 Å². The van der Waals surface area contributed by atoms with Gasteiger partial charge in [0, 0.05) is 64.4 Å². The molecule has 4 heterocycles. The molecule has 0 radical (unpaired) electrons. The van der Waals surface area contributed by atoms with E-state index in [0.29, 0.717) is 6.54 Å². The molecule has 2 fully saturated rings. The minimum atomic E-state index is 0. The Morgan fingerprint density at radius 2 is 1.70 bits per heavy atom. The minimum absolute atomic E-state index is 0. The summed E-state index contributed by atoms with van der Waals surface area (Å²) in [5.74, 6) is 2.85. The van der Waals surface area contributed by atoms with Crippen molar-refractivity contribution in [1.82, 2.24) is 25.2 Å². The van der Waals surface area contributed by atoms with E-state index in [0.717, 1.165) is 69.1 Å². The van der Waals surface area contributed by atoms with E-state index in [4.69, 9.17) is 4.99 Å². The Balaban J connectivity index is 0.00000256. The number of rotatable bonds is 5. The largest absolute Gasteiger partial charge is 0.357 e. The minimum Gasteiger partial charge on any atom is -0.357 e. The van der Waals surface area contributed by atoms with Gasteiger partial charge in [-0.05, 0) is 37.5 Å². The maximum Gasteiger partial charge on any atom is 0.225 e. The van der Waals surface area contributed by atoms with Gasteiger partial charge in [-0.3, -0.25) is 0 Å². The molecule has 0 aromatic carbocycles. The lowest BCUT2D eigenvalue weighted by molar-refractivity contribution is 0.370. The van der Waals surface area contributed by atoms with Gasteiger partial charge in [0.2, 0.25) is 5.95 Å². The predicted octanol–water partition coefficient (Wildman–Crippen LogP) is 2.38. The number of nitrogens with one attached hydrogen (secondary N) is 1. The molecular weight excluding hydrogens is 491 g/mol. The van der Waals surface area contributed by atoms with Crippen molar-refractivity contribution in [3.8, 4) is 0 Å². The molecule has 162 valence electrons. The van der Waals surface area contributed by atoms with Gasteiger partial charge in [-0.25, -0.2) is 19.9 Å². The molecule has 2 aliphatic rings. The molecule has 0 amide bonds. The number of hydrogen-bond donors (Lipinski definition) is 1. The third kappa shape index (κ3) is 5.71. The zero-order chi connectivity index (χ0) is 19.9. The Morgan fingerprint density at radius 3 is 2.33 bits per heavy atom. The summed E-state index contributed by atoms with van der Waals surface area (Å²) in [6.45, 7) is 9.41. The average molecular weight is 522 g/mol. The number of anilines is 2. The van der Waals surface area contributed by atoms with E-state index in [1.807, 2.05) is 12.3 Å². The lowest BCUT2D eigenvalue weighted by atomic mass is 10.3. The highest BCUT2D eigenvalue weighted by atomic mass is 127. The molecule has 1 N–H and O–H groups in total. The number of pyridine rings is 1. The summed E-state index contributed by atoms with van der Waals surface area (Å²) in [6.07, 6.45) is 8.09. The van der Waals surface area contributed by atoms with Crippen LogP contribution in [0.15, 0.2) is 41.8 Å².